The van der Waals surface area contributed by atoms with Gasteiger partial charge in [0.1, 0.15) is 19.0 Å². The molecule has 0 spiro atoms. The molecule has 0 saturated heterocycles. The van der Waals surface area contributed by atoms with E-state index in [-0.39, 0.29) is 5.91 Å². The standard InChI is InChI=1S/C29H26N2O4/c1-3-16-34-27-15-14-23(18-28(27)33-2)29(32)31-30-19-21-8-6-12-25(17-21)35-20-24-11-7-10-22-9-4-5-13-26(22)24/h3-15,17-19H,1,16,20H2,2H3,(H,31,32)/b30-19+. The van der Waals surface area contributed by atoms with Gasteiger partial charge in [-0.1, -0.05) is 67.3 Å². The lowest BCUT2D eigenvalue weighted by atomic mass is 10.1. The van der Waals surface area contributed by atoms with Crippen LogP contribution >= 0.6 is 0 Å². The minimum absolute atomic E-state index is 0.344. The van der Waals surface area contributed by atoms with Crippen molar-refractivity contribution in [1.29, 1.82) is 0 Å². The fourth-order valence-corrected chi connectivity index (χ4v) is 3.57. The molecule has 35 heavy (non-hydrogen) atoms. The van der Waals surface area contributed by atoms with Crippen LogP contribution in [0.25, 0.3) is 10.8 Å². The molecule has 1 N–H and O–H groups in total. The van der Waals surface area contributed by atoms with Crippen molar-refractivity contribution in [1.82, 2.24) is 5.43 Å². The second kappa shape index (κ2) is 11.5. The number of carbonyl (C=O) groups is 1. The van der Waals surface area contributed by atoms with Crippen molar-refractivity contribution in [2.45, 2.75) is 6.61 Å². The van der Waals surface area contributed by atoms with Crippen LogP contribution < -0.4 is 19.6 Å². The second-order valence-electron chi connectivity index (χ2n) is 7.66. The maximum atomic E-state index is 12.5. The Labute approximate surface area is 204 Å². The van der Waals surface area contributed by atoms with Crippen LogP contribution in [0.5, 0.6) is 17.2 Å². The van der Waals surface area contributed by atoms with E-state index in [0.717, 1.165) is 11.1 Å². The topological polar surface area (TPSA) is 69.2 Å². The Bertz CT molecular complexity index is 1360. The first-order chi connectivity index (χ1) is 17.2. The lowest BCUT2D eigenvalue weighted by Gasteiger charge is -2.10. The highest BCUT2D eigenvalue weighted by Crippen LogP contribution is 2.28. The van der Waals surface area contributed by atoms with E-state index in [0.29, 0.717) is 36.0 Å². The van der Waals surface area contributed by atoms with Gasteiger partial charge in [0.05, 0.1) is 13.3 Å². The van der Waals surface area contributed by atoms with Crippen LogP contribution in [0.3, 0.4) is 0 Å². The molecule has 6 nitrogen and oxygen atoms in total. The zero-order chi connectivity index (χ0) is 24.5. The Morgan fingerprint density at radius 3 is 2.63 bits per heavy atom. The molecule has 0 aliphatic heterocycles. The molecule has 6 heteroatoms. The van der Waals surface area contributed by atoms with Gasteiger partial charge in [0, 0.05) is 5.56 Å². The van der Waals surface area contributed by atoms with Crippen molar-refractivity contribution in [3.05, 3.63) is 114 Å². The number of hydrogen-bond donors (Lipinski definition) is 1. The number of fused-ring (bicyclic) bond motifs is 1. The third kappa shape index (κ3) is 6.06. The highest BCUT2D eigenvalue weighted by Gasteiger charge is 2.10. The predicted molar refractivity (Wildman–Crippen MR) is 138 cm³/mol. The summed E-state index contributed by atoms with van der Waals surface area (Å²) in [5.74, 6) is 1.35. The van der Waals surface area contributed by atoms with Crippen molar-refractivity contribution >= 4 is 22.9 Å². The van der Waals surface area contributed by atoms with E-state index >= 15 is 0 Å². The normalized spacial score (nSPS) is 10.8. The zero-order valence-corrected chi connectivity index (χ0v) is 19.4. The number of hydrogen-bond acceptors (Lipinski definition) is 5. The average molecular weight is 467 g/mol. The Balaban J connectivity index is 1.37. The molecule has 4 aromatic rings. The Hall–Kier alpha value is -4.58. The van der Waals surface area contributed by atoms with E-state index < -0.39 is 0 Å². The summed E-state index contributed by atoms with van der Waals surface area (Å²) in [6.07, 6.45) is 3.21. The quantitative estimate of drug-likeness (QED) is 0.183. The lowest BCUT2D eigenvalue weighted by molar-refractivity contribution is 0.0954. The molecule has 0 heterocycles. The summed E-state index contributed by atoms with van der Waals surface area (Å²) in [6, 6.07) is 26.9. The van der Waals surface area contributed by atoms with E-state index in [4.69, 9.17) is 14.2 Å². The molecule has 176 valence electrons. The Morgan fingerprint density at radius 2 is 1.77 bits per heavy atom. The molecule has 4 aromatic carbocycles. The van der Waals surface area contributed by atoms with Crippen molar-refractivity contribution in [3.8, 4) is 17.2 Å². The van der Waals surface area contributed by atoms with Crippen LogP contribution in [-0.2, 0) is 6.61 Å². The average Bonchev–Trinajstić information content (AvgIpc) is 2.90. The maximum Gasteiger partial charge on any atom is 0.271 e. The summed E-state index contributed by atoms with van der Waals surface area (Å²) in [5, 5.41) is 6.44. The second-order valence-corrected chi connectivity index (χ2v) is 7.66. The number of amides is 1. The van der Waals surface area contributed by atoms with Gasteiger partial charge in [-0.15, -0.1) is 0 Å². The summed E-state index contributed by atoms with van der Waals surface area (Å²) in [6.45, 7) is 4.42. The largest absolute Gasteiger partial charge is 0.493 e. The fourth-order valence-electron chi connectivity index (χ4n) is 3.57. The number of nitrogens with zero attached hydrogens (tertiary/aromatic N) is 1. The van der Waals surface area contributed by atoms with Crippen molar-refractivity contribution in [3.63, 3.8) is 0 Å². The molecular weight excluding hydrogens is 440 g/mol. The van der Waals surface area contributed by atoms with Gasteiger partial charge in [-0.05, 0) is 52.2 Å². The highest BCUT2D eigenvalue weighted by atomic mass is 16.5. The molecule has 0 aliphatic rings. The first kappa shape index (κ1) is 23.6. The van der Waals surface area contributed by atoms with Gasteiger partial charge in [-0.25, -0.2) is 5.43 Å². The summed E-state index contributed by atoms with van der Waals surface area (Å²) in [4.78, 5) is 12.5. The molecular formula is C29H26N2O4. The van der Waals surface area contributed by atoms with Crippen LogP contribution in [0.1, 0.15) is 21.5 Å². The van der Waals surface area contributed by atoms with Crippen LogP contribution in [-0.4, -0.2) is 25.8 Å². The highest BCUT2D eigenvalue weighted by molar-refractivity contribution is 5.95. The van der Waals surface area contributed by atoms with Gasteiger partial charge in [-0.3, -0.25) is 4.79 Å². The van der Waals surface area contributed by atoms with Crippen LogP contribution in [0.15, 0.2) is 103 Å². The summed E-state index contributed by atoms with van der Waals surface area (Å²) in [5.41, 5.74) is 4.85. The fraction of sp³-hybridized carbons (Fsp3) is 0.103. The summed E-state index contributed by atoms with van der Waals surface area (Å²) >= 11 is 0. The molecule has 0 aliphatic carbocycles. The molecule has 0 radical (unpaired) electrons. The maximum absolute atomic E-state index is 12.5. The van der Waals surface area contributed by atoms with E-state index in [1.165, 1.54) is 17.9 Å². The third-order valence-corrected chi connectivity index (χ3v) is 5.29. The van der Waals surface area contributed by atoms with Gasteiger partial charge in [0.2, 0.25) is 0 Å². The minimum atomic E-state index is -0.363. The van der Waals surface area contributed by atoms with E-state index in [2.05, 4.69) is 41.4 Å². The first-order valence-corrected chi connectivity index (χ1v) is 11.1. The lowest BCUT2D eigenvalue weighted by Crippen LogP contribution is -2.17. The first-order valence-electron chi connectivity index (χ1n) is 11.1. The molecule has 0 unspecified atom stereocenters. The third-order valence-electron chi connectivity index (χ3n) is 5.29. The number of ether oxygens (including phenoxy) is 3. The van der Waals surface area contributed by atoms with E-state index in [1.807, 2.05) is 42.5 Å². The van der Waals surface area contributed by atoms with Gasteiger partial charge >= 0.3 is 0 Å². The molecule has 0 aromatic heterocycles. The molecule has 1 amide bonds. The zero-order valence-electron chi connectivity index (χ0n) is 19.4. The number of rotatable bonds is 10. The summed E-state index contributed by atoms with van der Waals surface area (Å²) in [7, 11) is 1.52. The number of benzene rings is 4. The molecule has 4 rings (SSSR count). The van der Waals surface area contributed by atoms with Crippen molar-refractivity contribution in [2.24, 2.45) is 5.10 Å². The molecule has 0 bridgehead atoms. The number of carbonyl (C=O) groups excluding carboxylic acids is 1. The molecule has 0 fully saturated rings. The minimum Gasteiger partial charge on any atom is -0.493 e. The van der Waals surface area contributed by atoms with E-state index in [1.54, 1.807) is 30.5 Å². The predicted octanol–water partition coefficient (Wildman–Crippen LogP) is 5.76. The Kier molecular flexibility index (Phi) is 7.76. The SMILES string of the molecule is C=CCOc1ccc(C(=O)N/N=C/c2cccc(OCc3cccc4ccccc34)c2)cc1OC. The monoisotopic (exact) mass is 466 g/mol. The van der Waals surface area contributed by atoms with Crippen molar-refractivity contribution < 1.29 is 19.0 Å². The van der Waals surface area contributed by atoms with Crippen LogP contribution in [0.4, 0.5) is 0 Å². The van der Waals surface area contributed by atoms with Gasteiger partial charge < -0.3 is 14.2 Å². The van der Waals surface area contributed by atoms with E-state index in [9.17, 15) is 4.79 Å². The number of methoxy groups -OCH3 is 1. The van der Waals surface area contributed by atoms with Gasteiger partial charge in [0.25, 0.3) is 5.91 Å². The van der Waals surface area contributed by atoms with Gasteiger partial charge in [0.15, 0.2) is 11.5 Å². The van der Waals surface area contributed by atoms with Crippen LogP contribution in [0, 0.1) is 0 Å². The Morgan fingerprint density at radius 1 is 0.943 bits per heavy atom. The molecule has 0 saturated carbocycles. The number of hydrazone groups is 1. The number of nitrogens with one attached hydrogen (secondary N) is 1. The smallest absolute Gasteiger partial charge is 0.271 e. The van der Waals surface area contributed by atoms with Gasteiger partial charge in [-0.2, -0.15) is 5.10 Å². The van der Waals surface area contributed by atoms with Crippen LogP contribution in [0.2, 0.25) is 0 Å². The summed E-state index contributed by atoms with van der Waals surface area (Å²) < 4.78 is 16.8. The van der Waals surface area contributed by atoms with Crippen molar-refractivity contribution in [2.75, 3.05) is 13.7 Å². The molecule has 0 atom stereocenters.